The Morgan fingerprint density at radius 1 is 1.19 bits per heavy atom. The summed E-state index contributed by atoms with van der Waals surface area (Å²) in [5, 5.41) is 7.17. The number of H-pyrrole nitrogens is 1. The maximum atomic E-state index is 13.3. The van der Waals surface area contributed by atoms with E-state index in [1.807, 2.05) is 46.3 Å². The zero-order chi connectivity index (χ0) is 22.7. The third-order valence-corrected chi connectivity index (χ3v) is 5.55. The van der Waals surface area contributed by atoms with Gasteiger partial charge in [-0.1, -0.05) is 6.07 Å². The Bertz CT molecular complexity index is 1100. The molecule has 1 aliphatic heterocycles. The van der Waals surface area contributed by atoms with E-state index in [1.165, 1.54) is 13.3 Å². The molecule has 2 aromatic heterocycles. The molecule has 32 heavy (non-hydrogen) atoms. The Morgan fingerprint density at radius 3 is 2.72 bits per heavy atom. The molecule has 1 saturated heterocycles. The van der Waals surface area contributed by atoms with Crippen molar-refractivity contribution in [3.05, 3.63) is 48.4 Å². The van der Waals surface area contributed by atoms with Crippen LogP contribution in [0, 0.1) is 0 Å². The summed E-state index contributed by atoms with van der Waals surface area (Å²) in [7, 11) is 0. The molecule has 1 aliphatic rings. The Morgan fingerprint density at radius 2 is 1.97 bits per heavy atom. The van der Waals surface area contributed by atoms with Gasteiger partial charge in [0.05, 0.1) is 5.39 Å². The summed E-state index contributed by atoms with van der Waals surface area (Å²) in [5.74, 6) is 0.643. The second kappa shape index (κ2) is 9.35. The first kappa shape index (κ1) is 21.8. The minimum absolute atomic E-state index is 0.0170. The van der Waals surface area contributed by atoms with E-state index in [2.05, 4.69) is 39.4 Å². The number of nitrogens with zero attached hydrogens (tertiary/aromatic N) is 4. The lowest BCUT2D eigenvalue weighted by molar-refractivity contribution is -0.118. The normalized spacial score (nSPS) is 18.5. The zero-order valence-corrected chi connectivity index (χ0v) is 18.6. The number of anilines is 2. The highest BCUT2D eigenvalue weighted by atomic mass is 16.2. The van der Waals surface area contributed by atoms with Gasteiger partial charge in [-0.05, 0) is 38.1 Å². The highest BCUT2D eigenvalue weighted by Crippen LogP contribution is 2.29. The van der Waals surface area contributed by atoms with E-state index in [0.717, 1.165) is 22.5 Å². The van der Waals surface area contributed by atoms with Crippen LogP contribution < -0.4 is 15.5 Å². The van der Waals surface area contributed by atoms with E-state index in [1.54, 1.807) is 0 Å². The number of carbonyl (C=O) groups excluding carboxylic acids is 2. The highest BCUT2D eigenvalue weighted by molar-refractivity contribution is 5.96. The Hall–Kier alpha value is -3.46. The number of nitrogens with one attached hydrogen (secondary N) is 3. The number of fused-ring (bicyclic) bond motifs is 1. The molecule has 3 aromatic rings. The van der Waals surface area contributed by atoms with Crippen molar-refractivity contribution in [3.63, 3.8) is 0 Å². The molecular formula is C23H29N7O2. The van der Waals surface area contributed by atoms with Gasteiger partial charge in [0.15, 0.2) is 0 Å². The number of hydrogen-bond acceptors (Lipinski definition) is 6. The number of rotatable bonds is 6. The first-order chi connectivity index (χ1) is 15.4. The van der Waals surface area contributed by atoms with Crippen LogP contribution in [-0.2, 0) is 4.79 Å². The van der Waals surface area contributed by atoms with Gasteiger partial charge in [-0.15, -0.1) is 0 Å². The third kappa shape index (κ3) is 4.72. The van der Waals surface area contributed by atoms with Crippen LogP contribution in [0.2, 0.25) is 0 Å². The van der Waals surface area contributed by atoms with Gasteiger partial charge >= 0.3 is 0 Å². The minimum atomic E-state index is -0.0923. The molecule has 3 heterocycles. The van der Waals surface area contributed by atoms with Crippen LogP contribution in [0.5, 0.6) is 0 Å². The van der Waals surface area contributed by atoms with Crippen molar-refractivity contribution in [2.75, 3.05) is 31.1 Å². The van der Waals surface area contributed by atoms with Gasteiger partial charge in [0.25, 0.3) is 5.91 Å². The average molecular weight is 436 g/mol. The van der Waals surface area contributed by atoms with Crippen molar-refractivity contribution in [1.82, 2.24) is 30.5 Å². The molecule has 0 aliphatic carbocycles. The fourth-order valence-corrected chi connectivity index (χ4v) is 4.26. The molecule has 9 heteroatoms. The number of piperazine rings is 1. The van der Waals surface area contributed by atoms with Crippen LogP contribution in [0.1, 0.15) is 31.1 Å². The molecule has 2 unspecified atom stereocenters. The zero-order valence-electron chi connectivity index (χ0n) is 18.6. The van der Waals surface area contributed by atoms with Gasteiger partial charge in [0, 0.05) is 62.6 Å². The minimum Gasteiger partial charge on any atom is -0.355 e. The van der Waals surface area contributed by atoms with Crippen LogP contribution in [0.15, 0.2) is 42.9 Å². The van der Waals surface area contributed by atoms with Gasteiger partial charge < -0.3 is 25.4 Å². The number of hydrogen-bond donors (Lipinski definition) is 3. The van der Waals surface area contributed by atoms with Crippen LogP contribution in [-0.4, -0.2) is 69.9 Å². The topological polar surface area (TPSA) is 106 Å². The molecule has 0 saturated carbocycles. The number of amides is 2. The molecule has 3 N–H and O–H groups in total. The molecular weight excluding hydrogens is 406 g/mol. The summed E-state index contributed by atoms with van der Waals surface area (Å²) >= 11 is 0. The summed E-state index contributed by atoms with van der Waals surface area (Å²) in [6.07, 6.45) is 3.33. The van der Waals surface area contributed by atoms with Crippen molar-refractivity contribution in [2.45, 2.75) is 32.9 Å². The Balaban J connectivity index is 1.66. The Kier molecular flexibility index (Phi) is 6.36. The predicted octanol–water partition coefficient (Wildman–Crippen LogP) is 2.05. The lowest BCUT2D eigenvalue weighted by Gasteiger charge is -2.36. The standard InChI is InChI=1S/C23H29N7O2/c1-15-12-29(13-16(2)28-15)23(32)18-5-4-6-19(11-18)30(10-9-24-17(3)31)22-20-7-8-25-21(20)26-14-27-22/h4-8,11,14-16,28H,9-10,12-13H2,1-3H3,(H,24,31)(H,25,26,27). The summed E-state index contributed by atoms with van der Waals surface area (Å²) in [6, 6.07) is 10.0. The number of aromatic nitrogens is 3. The number of aromatic amines is 1. The smallest absolute Gasteiger partial charge is 0.254 e. The fourth-order valence-electron chi connectivity index (χ4n) is 4.26. The molecule has 168 valence electrons. The van der Waals surface area contributed by atoms with E-state index < -0.39 is 0 Å². The molecule has 4 rings (SSSR count). The van der Waals surface area contributed by atoms with Crippen LogP contribution in [0.4, 0.5) is 11.5 Å². The largest absolute Gasteiger partial charge is 0.355 e. The van der Waals surface area contributed by atoms with Crippen LogP contribution in [0.3, 0.4) is 0 Å². The maximum Gasteiger partial charge on any atom is 0.254 e. The highest BCUT2D eigenvalue weighted by Gasteiger charge is 2.26. The summed E-state index contributed by atoms with van der Waals surface area (Å²) in [5.41, 5.74) is 2.20. The molecule has 9 nitrogen and oxygen atoms in total. The quantitative estimate of drug-likeness (QED) is 0.547. The van der Waals surface area contributed by atoms with Crippen LogP contribution in [0.25, 0.3) is 11.0 Å². The van der Waals surface area contributed by atoms with Crippen LogP contribution >= 0.6 is 0 Å². The van der Waals surface area contributed by atoms with Crippen molar-refractivity contribution in [2.24, 2.45) is 0 Å². The van der Waals surface area contributed by atoms with Gasteiger partial charge in [-0.25, -0.2) is 9.97 Å². The molecule has 1 aromatic carbocycles. The van der Waals surface area contributed by atoms with Crippen molar-refractivity contribution >= 4 is 34.4 Å². The lowest BCUT2D eigenvalue weighted by atomic mass is 10.1. The molecule has 1 fully saturated rings. The number of carbonyl (C=O) groups is 2. The lowest BCUT2D eigenvalue weighted by Crippen LogP contribution is -2.55. The van der Waals surface area contributed by atoms with Gasteiger partial charge in [0.2, 0.25) is 5.91 Å². The van der Waals surface area contributed by atoms with E-state index >= 15 is 0 Å². The molecule has 2 atom stereocenters. The first-order valence-electron chi connectivity index (χ1n) is 10.9. The molecule has 0 bridgehead atoms. The van der Waals surface area contributed by atoms with E-state index in [0.29, 0.717) is 31.7 Å². The summed E-state index contributed by atoms with van der Waals surface area (Å²) in [4.78, 5) is 40.5. The molecule has 2 amide bonds. The second-order valence-corrected chi connectivity index (χ2v) is 8.30. The van der Waals surface area contributed by atoms with Gasteiger partial charge in [0.1, 0.15) is 17.8 Å². The first-order valence-corrected chi connectivity index (χ1v) is 10.9. The summed E-state index contributed by atoms with van der Waals surface area (Å²) in [6.45, 7) is 7.96. The molecule has 0 radical (unpaired) electrons. The fraction of sp³-hybridized carbons (Fsp3) is 0.391. The van der Waals surface area contributed by atoms with Gasteiger partial charge in [-0.3, -0.25) is 9.59 Å². The van der Waals surface area contributed by atoms with E-state index in [9.17, 15) is 9.59 Å². The number of benzene rings is 1. The Labute approximate surface area is 187 Å². The maximum absolute atomic E-state index is 13.3. The van der Waals surface area contributed by atoms with Crippen molar-refractivity contribution in [3.8, 4) is 0 Å². The van der Waals surface area contributed by atoms with E-state index in [4.69, 9.17) is 0 Å². The molecule has 0 spiro atoms. The van der Waals surface area contributed by atoms with Crippen molar-refractivity contribution in [1.29, 1.82) is 0 Å². The van der Waals surface area contributed by atoms with Gasteiger partial charge in [-0.2, -0.15) is 0 Å². The predicted molar refractivity (Wildman–Crippen MR) is 124 cm³/mol. The third-order valence-electron chi connectivity index (χ3n) is 5.55. The second-order valence-electron chi connectivity index (χ2n) is 8.30. The monoisotopic (exact) mass is 435 g/mol. The van der Waals surface area contributed by atoms with E-state index in [-0.39, 0.29) is 23.9 Å². The SMILES string of the molecule is CC(=O)NCCN(c1cccc(C(=O)N2CC(C)NC(C)C2)c1)c1ncnc2[nH]ccc12. The van der Waals surface area contributed by atoms with Crippen molar-refractivity contribution < 1.29 is 9.59 Å². The summed E-state index contributed by atoms with van der Waals surface area (Å²) < 4.78 is 0. The average Bonchev–Trinajstić information content (AvgIpc) is 3.25.